The third kappa shape index (κ3) is 0.844. The van der Waals surface area contributed by atoms with E-state index in [1.807, 2.05) is 6.92 Å². The second-order valence-corrected chi connectivity index (χ2v) is 2.64. The fourth-order valence-corrected chi connectivity index (χ4v) is 0.844. The quantitative estimate of drug-likeness (QED) is 0.354. The molecule has 1 rings (SSSR count). The van der Waals surface area contributed by atoms with Crippen molar-refractivity contribution in [3.63, 3.8) is 0 Å². The summed E-state index contributed by atoms with van der Waals surface area (Å²) in [6, 6.07) is 0.231. The topological polar surface area (TPSA) is 35.1 Å². The highest BCUT2D eigenvalue weighted by Gasteiger charge is 2.25. The van der Waals surface area contributed by atoms with Crippen molar-refractivity contribution in [3.05, 3.63) is 5.21 Å². The van der Waals surface area contributed by atoms with Gasteiger partial charge in [-0.05, 0) is 6.92 Å². The smallest absolute Gasteiger partial charge is 0.132 e. The summed E-state index contributed by atoms with van der Waals surface area (Å²) in [5.41, 5.74) is 0. The molecule has 0 aromatic rings. The van der Waals surface area contributed by atoms with Gasteiger partial charge in [0, 0.05) is 0 Å². The van der Waals surface area contributed by atoms with Crippen molar-refractivity contribution in [1.82, 2.24) is 5.32 Å². The van der Waals surface area contributed by atoms with Crippen LogP contribution in [0.1, 0.15) is 6.92 Å². The highest BCUT2D eigenvalue weighted by Crippen LogP contribution is 2.09. The number of nitrogens with one attached hydrogen (secondary N) is 1. The SMILES string of the molecule is CC1CNC[N+]1(C)[O-]. The number of hydroxylamine groups is 3. The van der Waals surface area contributed by atoms with Crippen LogP contribution in [-0.2, 0) is 0 Å². The maximum Gasteiger partial charge on any atom is 0.132 e. The van der Waals surface area contributed by atoms with E-state index in [1.165, 1.54) is 0 Å². The van der Waals surface area contributed by atoms with E-state index in [0.717, 1.165) is 6.54 Å². The summed E-state index contributed by atoms with van der Waals surface area (Å²) in [5.74, 6) is 0. The van der Waals surface area contributed by atoms with Gasteiger partial charge in [0.25, 0.3) is 0 Å². The molecule has 1 fully saturated rings. The molecule has 2 unspecified atom stereocenters. The number of nitrogens with zero attached hydrogens (tertiary/aromatic N) is 1. The van der Waals surface area contributed by atoms with Crippen molar-refractivity contribution in [3.8, 4) is 0 Å². The number of hydrogen-bond acceptors (Lipinski definition) is 2. The summed E-state index contributed by atoms with van der Waals surface area (Å²) >= 11 is 0. The fraction of sp³-hybridized carbons (Fsp3) is 1.00. The van der Waals surface area contributed by atoms with Crippen LogP contribution in [0.2, 0.25) is 0 Å². The zero-order valence-electron chi connectivity index (χ0n) is 5.35. The average Bonchev–Trinajstić information content (AvgIpc) is 1.86. The number of quaternary nitrogens is 1. The molecule has 8 heavy (non-hydrogen) atoms. The molecule has 0 aliphatic carbocycles. The van der Waals surface area contributed by atoms with Crippen LogP contribution >= 0.6 is 0 Å². The first-order valence-electron chi connectivity index (χ1n) is 2.90. The highest BCUT2D eigenvalue weighted by molar-refractivity contribution is 4.61. The lowest BCUT2D eigenvalue weighted by molar-refractivity contribution is -0.870. The van der Waals surface area contributed by atoms with E-state index in [4.69, 9.17) is 0 Å². The normalized spacial score (nSPS) is 47.6. The van der Waals surface area contributed by atoms with Gasteiger partial charge < -0.3 is 9.85 Å². The Hall–Kier alpha value is -0.120. The fourth-order valence-electron chi connectivity index (χ4n) is 0.844. The molecule has 1 aliphatic heterocycles. The first kappa shape index (κ1) is 6.01. The van der Waals surface area contributed by atoms with Gasteiger partial charge in [0.2, 0.25) is 0 Å². The maximum atomic E-state index is 11.1. The van der Waals surface area contributed by atoms with Crippen LogP contribution in [0.15, 0.2) is 0 Å². The number of rotatable bonds is 0. The molecule has 0 amide bonds. The second kappa shape index (κ2) is 1.69. The van der Waals surface area contributed by atoms with E-state index in [-0.39, 0.29) is 10.7 Å². The van der Waals surface area contributed by atoms with Crippen LogP contribution in [0.25, 0.3) is 0 Å². The van der Waals surface area contributed by atoms with Gasteiger partial charge in [-0.1, -0.05) is 0 Å². The zero-order chi connectivity index (χ0) is 6.20. The first-order chi connectivity index (χ1) is 3.63. The maximum absolute atomic E-state index is 11.1. The van der Waals surface area contributed by atoms with Crippen molar-refractivity contribution < 1.29 is 4.65 Å². The Morgan fingerprint density at radius 1 is 1.75 bits per heavy atom. The summed E-state index contributed by atoms with van der Waals surface area (Å²) in [6.07, 6.45) is 0. The van der Waals surface area contributed by atoms with Gasteiger partial charge in [0.1, 0.15) is 6.67 Å². The molecule has 1 saturated heterocycles. The monoisotopic (exact) mass is 116 g/mol. The van der Waals surface area contributed by atoms with Gasteiger partial charge in [-0.3, -0.25) is 5.32 Å². The van der Waals surface area contributed by atoms with Gasteiger partial charge >= 0.3 is 0 Å². The summed E-state index contributed by atoms with van der Waals surface area (Å²) in [4.78, 5) is 0. The Balaban J connectivity index is 2.54. The third-order valence-corrected chi connectivity index (χ3v) is 1.80. The summed E-state index contributed by atoms with van der Waals surface area (Å²) in [5, 5.41) is 14.1. The minimum absolute atomic E-state index is 0.125. The predicted octanol–water partition coefficient (Wildman–Crippen LogP) is -0.120. The largest absolute Gasteiger partial charge is 0.632 e. The van der Waals surface area contributed by atoms with E-state index >= 15 is 0 Å². The van der Waals surface area contributed by atoms with Crippen LogP contribution in [0.4, 0.5) is 0 Å². The zero-order valence-corrected chi connectivity index (χ0v) is 5.35. The lowest BCUT2D eigenvalue weighted by Gasteiger charge is -2.37. The first-order valence-corrected chi connectivity index (χ1v) is 2.90. The number of likely N-dealkylation sites (N-methyl/N-ethyl adjacent to an activating group) is 1. The van der Waals surface area contributed by atoms with Crippen molar-refractivity contribution in [1.29, 1.82) is 0 Å². The molecular formula is C5H12N2O. The predicted molar refractivity (Wildman–Crippen MR) is 31.9 cm³/mol. The van der Waals surface area contributed by atoms with Crippen molar-refractivity contribution >= 4 is 0 Å². The van der Waals surface area contributed by atoms with Gasteiger partial charge in [0.15, 0.2) is 0 Å². The standard InChI is InChI=1S/C5H12N2O/c1-5-3-6-4-7(5,2)8/h5-6H,3-4H2,1-2H3. The van der Waals surface area contributed by atoms with Gasteiger partial charge in [-0.15, -0.1) is 0 Å². The van der Waals surface area contributed by atoms with Crippen molar-refractivity contribution in [2.45, 2.75) is 13.0 Å². The van der Waals surface area contributed by atoms with E-state index in [1.54, 1.807) is 7.05 Å². The summed E-state index contributed by atoms with van der Waals surface area (Å²) in [6.45, 7) is 3.40. The Morgan fingerprint density at radius 3 is 2.50 bits per heavy atom. The molecule has 2 atom stereocenters. The van der Waals surface area contributed by atoms with E-state index in [0.29, 0.717) is 6.67 Å². The molecule has 0 saturated carbocycles. The molecule has 0 spiro atoms. The Kier molecular flexibility index (Phi) is 1.27. The molecule has 0 bridgehead atoms. The average molecular weight is 116 g/mol. The second-order valence-electron chi connectivity index (χ2n) is 2.64. The van der Waals surface area contributed by atoms with Gasteiger partial charge in [0.05, 0.1) is 19.6 Å². The lowest BCUT2D eigenvalue weighted by atomic mass is 10.3. The molecule has 3 heteroatoms. The van der Waals surface area contributed by atoms with Crippen LogP contribution in [0.5, 0.6) is 0 Å². The lowest BCUT2D eigenvalue weighted by Crippen LogP contribution is -2.41. The van der Waals surface area contributed by atoms with Crippen LogP contribution < -0.4 is 5.32 Å². The van der Waals surface area contributed by atoms with Crippen LogP contribution in [0.3, 0.4) is 0 Å². The summed E-state index contributed by atoms with van der Waals surface area (Å²) in [7, 11) is 1.70. The van der Waals surface area contributed by atoms with Gasteiger partial charge in [-0.25, -0.2) is 0 Å². The molecule has 0 aromatic carbocycles. The van der Waals surface area contributed by atoms with Crippen molar-refractivity contribution in [2.24, 2.45) is 0 Å². The van der Waals surface area contributed by atoms with Crippen LogP contribution in [0, 0.1) is 5.21 Å². The molecule has 0 radical (unpaired) electrons. The Morgan fingerprint density at radius 2 is 2.38 bits per heavy atom. The Bertz CT molecular complexity index is 92.4. The van der Waals surface area contributed by atoms with E-state index < -0.39 is 0 Å². The minimum atomic E-state index is -0.125. The molecule has 0 aromatic heterocycles. The van der Waals surface area contributed by atoms with E-state index in [9.17, 15) is 5.21 Å². The number of hydrogen-bond donors (Lipinski definition) is 1. The van der Waals surface area contributed by atoms with Crippen molar-refractivity contribution in [2.75, 3.05) is 20.3 Å². The third-order valence-electron chi connectivity index (χ3n) is 1.80. The Labute approximate surface area is 49.5 Å². The van der Waals surface area contributed by atoms with Crippen LogP contribution in [-0.4, -0.2) is 30.9 Å². The molecule has 48 valence electrons. The molecule has 1 aliphatic rings. The van der Waals surface area contributed by atoms with E-state index in [2.05, 4.69) is 5.32 Å². The van der Waals surface area contributed by atoms with Gasteiger partial charge in [-0.2, -0.15) is 0 Å². The molecule has 1 heterocycles. The molecule has 3 nitrogen and oxygen atoms in total. The highest BCUT2D eigenvalue weighted by atomic mass is 16.5. The molecule has 1 N–H and O–H groups in total. The minimum Gasteiger partial charge on any atom is -0.632 e. The molecular weight excluding hydrogens is 104 g/mol. The summed E-state index contributed by atoms with van der Waals surface area (Å²) < 4.78 is -0.125.